The van der Waals surface area contributed by atoms with E-state index in [4.69, 9.17) is 4.52 Å². The average Bonchev–Trinajstić information content (AvgIpc) is 3.35. The smallest absolute Gasteiger partial charge is 0.273 e. The van der Waals surface area contributed by atoms with Gasteiger partial charge in [0, 0.05) is 43.2 Å². The van der Waals surface area contributed by atoms with Crippen molar-refractivity contribution in [1.29, 1.82) is 0 Å². The Hall–Kier alpha value is -3.16. The SMILES string of the molecule is C[C@@H]1C[C@H](NC(=O)c2cc(C3CC3)on2)CCN1C(=O)c1ccc2c(c1)ncn2C. The fourth-order valence-corrected chi connectivity index (χ4v) is 4.26. The quantitative estimate of drug-likeness (QED) is 0.718. The van der Waals surface area contributed by atoms with Gasteiger partial charge in [0.25, 0.3) is 11.8 Å². The molecule has 0 spiro atoms. The van der Waals surface area contributed by atoms with Gasteiger partial charge in [0.1, 0.15) is 5.76 Å². The number of hydrogen-bond donors (Lipinski definition) is 1. The first-order valence-corrected chi connectivity index (χ1v) is 10.5. The number of imidazole rings is 1. The number of carbonyl (C=O) groups excluding carboxylic acids is 2. The third-order valence-corrected chi connectivity index (χ3v) is 6.19. The summed E-state index contributed by atoms with van der Waals surface area (Å²) in [5.41, 5.74) is 2.80. The molecule has 8 nitrogen and oxygen atoms in total. The number of amides is 2. The number of aromatic nitrogens is 3. The second kappa shape index (κ2) is 7.27. The van der Waals surface area contributed by atoms with Gasteiger partial charge in [-0.1, -0.05) is 5.16 Å². The normalized spacial score (nSPS) is 21.7. The van der Waals surface area contributed by atoms with Gasteiger partial charge in [0.15, 0.2) is 5.69 Å². The van der Waals surface area contributed by atoms with E-state index in [1.165, 1.54) is 0 Å². The maximum atomic E-state index is 13.1. The molecular formula is C22H25N5O3. The monoisotopic (exact) mass is 407 g/mol. The average molecular weight is 407 g/mol. The molecule has 3 heterocycles. The molecule has 156 valence electrons. The zero-order chi connectivity index (χ0) is 20.8. The van der Waals surface area contributed by atoms with Gasteiger partial charge >= 0.3 is 0 Å². The topological polar surface area (TPSA) is 93.3 Å². The van der Waals surface area contributed by atoms with Crippen LogP contribution < -0.4 is 5.32 Å². The van der Waals surface area contributed by atoms with Crippen LogP contribution in [0.4, 0.5) is 0 Å². The minimum atomic E-state index is -0.205. The zero-order valence-corrected chi connectivity index (χ0v) is 17.2. The summed E-state index contributed by atoms with van der Waals surface area (Å²) in [7, 11) is 1.93. The highest BCUT2D eigenvalue weighted by molar-refractivity contribution is 5.97. The van der Waals surface area contributed by atoms with Gasteiger partial charge in [-0.2, -0.15) is 0 Å². The van der Waals surface area contributed by atoms with Crippen molar-refractivity contribution >= 4 is 22.8 Å². The summed E-state index contributed by atoms with van der Waals surface area (Å²) in [6.45, 7) is 2.62. The van der Waals surface area contributed by atoms with Crippen molar-refractivity contribution in [3.8, 4) is 0 Å². The highest BCUT2D eigenvalue weighted by Gasteiger charge is 2.32. The second-order valence-electron chi connectivity index (χ2n) is 8.49. The first-order chi connectivity index (χ1) is 14.5. The van der Waals surface area contributed by atoms with E-state index < -0.39 is 0 Å². The molecule has 0 bridgehead atoms. The number of carbonyl (C=O) groups is 2. The molecule has 0 unspecified atom stereocenters. The van der Waals surface area contributed by atoms with Crippen molar-refractivity contribution in [3.63, 3.8) is 0 Å². The molecule has 2 fully saturated rings. The molecule has 1 N–H and O–H groups in total. The summed E-state index contributed by atoms with van der Waals surface area (Å²) in [5, 5.41) is 6.96. The Morgan fingerprint density at radius 1 is 1.20 bits per heavy atom. The lowest BCUT2D eigenvalue weighted by molar-refractivity contribution is 0.0595. The Bertz CT molecular complexity index is 1110. The van der Waals surface area contributed by atoms with E-state index >= 15 is 0 Å². The molecule has 2 aliphatic rings. The number of aryl methyl sites for hydroxylation is 1. The van der Waals surface area contributed by atoms with Gasteiger partial charge in [-0.25, -0.2) is 4.98 Å². The largest absolute Gasteiger partial charge is 0.360 e. The van der Waals surface area contributed by atoms with Crippen LogP contribution in [0.1, 0.15) is 65.1 Å². The van der Waals surface area contributed by atoms with Crippen LogP contribution in [0.25, 0.3) is 11.0 Å². The summed E-state index contributed by atoms with van der Waals surface area (Å²) in [6.07, 6.45) is 5.37. The van der Waals surface area contributed by atoms with E-state index in [9.17, 15) is 9.59 Å². The molecule has 2 atom stereocenters. The highest BCUT2D eigenvalue weighted by Crippen LogP contribution is 2.40. The molecule has 2 aromatic heterocycles. The van der Waals surface area contributed by atoms with Crippen molar-refractivity contribution in [2.24, 2.45) is 7.05 Å². The van der Waals surface area contributed by atoms with E-state index in [1.54, 1.807) is 12.4 Å². The van der Waals surface area contributed by atoms with Crippen molar-refractivity contribution < 1.29 is 14.1 Å². The summed E-state index contributed by atoms with van der Waals surface area (Å²) in [4.78, 5) is 31.8. The van der Waals surface area contributed by atoms with Gasteiger partial charge in [0.05, 0.1) is 17.4 Å². The first kappa shape index (κ1) is 18.8. The summed E-state index contributed by atoms with van der Waals surface area (Å²) < 4.78 is 7.21. The van der Waals surface area contributed by atoms with Crippen LogP contribution in [0, 0.1) is 0 Å². The molecular weight excluding hydrogens is 382 g/mol. The van der Waals surface area contributed by atoms with Crippen LogP contribution in [0.3, 0.4) is 0 Å². The molecule has 1 aliphatic carbocycles. The van der Waals surface area contributed by atoms with Gasteiger partial charge in [-0.15, -0.1) is 0 Å². The Balaban J connectivity index is 1.22. The Labute approximate surface area is 174 Å². The third-order valence-electron chi connectivity index (χ3n) is 6.19. The number of nitrogens with zero attached hydrogens (tertiary/aromatic N) is 4. The predicted octanol–water partition coefficient (Wildman–Crippen LogP) is 2.86. The van der Waals surface area contributed by atoms with Gasteiger partial charge in [-0.05, 0) is 50.8 Å². The molecule has 0 radical (unpaired) electrons. The van der Waals surface area contributed by atoms with E-state index in [0.29, 0.717) is 36.6 Å². The number of benzene rings is 1. The number of hydrogen-bond acceptors (Lipinski definition) is 5. The maximum absolute atomic E-state index is 13.1. The first-order valence-electron chi connectivity index (χ1n) is 10.5. The highest BCUT2D eigenvalue weighted by atomic mass is 16.5. The molecule has 1 aliphatic heterocycles. The minimum Gasteiger partial charge on any atom is -0.360 e. The van der Waals surface area contributed by atoms with Gasteiger partial charge < -0.3 is 19.3 Å². The zero-order valence-electron chi connectivity index (χ0n) is 17.2. The lowest BCUT2D eigenvalue weighted by atomic mass is 9.97. The molecule has 5 rings (SSSR count). The second-order valence-corrected chi connectivity index (χ2v) is 8.49. The van der Waals surface area contributed by atoms with E-state index in [1.807, 2.05) is 41.6 Å². The van der Waals surface area contributed by atoms with Gasteiger partial charge in [0.2, 0.25) is 0 Å². The van der Waals surface area contributed by atoms with Gasteiger partial charge in [-0.3, -0.25) is 9.59 Å². The van der Waals surface area contributed by atoms with E-state index in [2.05, 4.69) is 15.5 Å². The Morgan fingerprint density at radius 2 is 2.03 bits per heavy atom. The fourth-order valence-electron chi connectivity index (χ4n) is 4.26. The van der Waals surface area contributed by atoms with E-state index in [-0.39, 0.29) is 23.9 Å². The van der Waals surface area contributed by atoms with Crippen molar-refractivity contribution in [2.45, 2.75) is 50.6 Å². The molecule has 8 heteroatoms. The Morgan fingerprint density at radius 3 is 2.80 bits per heavy atom. The standard InChI is InChI=1S/C22H25N5O3/c1-13-9-16(24-21(28)18-11-20(30-25-18)14-3-4-14)7-8-27(13)22(29)15-5-6-19-17(10-15)23-12-26(19)2/h5-6,10-14,16H,3-4,7-9H2,1-2H3,(H,24,28)/t13-,16-/m1/s1. The number of fused-ring (bicyclic) bond motifs is 1. The van der Waals surface area contributed by atoms with Crippen LogP contribution in [-0.2, 0) is 7.05 Å². The van der Waals surface area contributed by atoms with Crippen molar-refractivity contribution in [3.05, 3.63) is 47.6 Å². The van der Waals surface area contributed by atoms with Crippen molar-refractivity contribution in [2.75, 3.05) is 6.54 Å². The van der Waals surface area contributed by atoms with Crippen LogP contribution in [0.2, 0.25) is 0 Å². The number of nitrogens with one attached hydrogen (secondary N) is 1. The molecule has 2 amide bonds. The molecule has 1 aromatic carbocycles. The third kappa shape index (κ3) is 3.46. The van der Waals surface area contributed by atoms with Crippen LogP contribution in [0.5, 0.6) is 0 Å². The fraction of sp³-hybridized carbons (Fsp3) is 0.455. The van der Waals surface area contributed by atoms with E-state index in [0.717, 1.165) is 29.6 Å². The molecule has 3 aromatic rings. The number of rotatable bonds is 4. The van der Waals surface area contributed by atoms with Crippen LogP contribution in [0.15, 0.2) is 35.1 Å². The lowest BCUT2D eigenvalue weighted by Crippen LogP contribution is -2.51. The molecule has 1 saturated heterocycles. The molecule has 1 saturated carbocycles. The summed E-state index contributed by atoms with van der Waals surface area (Å²) in [5.74, 6) is 1.03. The number of piperidine rings is 1. The maximum Gasteiger partial charge on any atom is 0.273 e. The summed E-state index contributed by atoms with van der Waals surface area (Å²) >= 11 is 0. The summed E-state index contributed by atoms with van der Waals surface area (Å²) in [6, 6.07) is 7.42. The van der Waals surface area contributed by atoms with Crippen LogP contribution in [-0.4, -0.2) is 50.1 Å². The predicted molar refractivity (Wildman–Crippen MR) is 110 cm³/mol. The van der Waals surface area contributed by atoms with Crippen LogP contribution >= 0.6 is 0 Å². The number of likely N-dealkylation sites (tertiary alicyclic amines) is 1. The van der Waals surface area contributed by atoms with Crippen molar-refractivity contribution in [1.82, 2.24) is 24.9 Å². The Kier molecular flexibility index (Phi) is 4.56. The molecule has 30 heavy (non-hydrogen) atoms. The lowest BCUT2D eigenvalue weighted by Gasteiger charge is -2.38. The minimum absolute atomic E-state index is 0.00501.